The second-order valence-corrected chi connectivity index (χ2v) is 6.34. The Kier molecular flexibility index (Phi) is 8.94. The Morgan fingerprint density at radius 1 is 1.13 bits per heavy atom. The number of ether oxygens (including phenoxy) is 2. The number of benzene rings is 2. The van der Waals surface area contributed by atoms with Crippen LogP contribution < -0.4 is 14.8 Å². The molecule has 0 atom stereocenters. The topological polar surface area (TPSA) is 109 Å². The third-order valence-corrected chi connectivity index (χ3v) is 4.07. The van der Waals surface area contributed by atoms with Gasteiger partial charge >= 0.3 is 5.97 Å². The van der Waals surface area contributed by atoms with Crippen LogP contribution in [0.1, 0.15) is 24.5 Å². The molecule has 0 bridgehead atoms. The van der Waals surface area contributed by atoms with E-state index in [1.807, 2.05) is 36.4 Å². The van der Waals surface area contributed by atoms with Gasteiger partial charge in [-0.1, -0.05) is 36.4 Å². The van der Waals surface area contributed by atoms with Crippen molar-refractivity contribution in [2.24, 2.45) is 0 Å². The molecule has 156 valence electrons. The van der Waals surface area contributed by atoms with Crippen molar-refractivity contribution in [3.05, 3.63) is 65.2 Å². The average molecular weight is 408 g/mol. The number of carboxylic acids is 1. The maximum Gasteiger partial charge on any atom is 0.341 e. The fourth-order valence-corrected chi connectivity index (χ4v) is 2.69. The van der Waals surface area contributed by atoms with Crippen LogP contribution in [0.4, 0.5) is 0 Å². The number of nitriles is 1. The lowest BCUT2D eigenvalue weighted by molar-refractivity contribution is -0.139. The fraction of sp³-hybridized carbons (Fsp3) is 0.261. The molecule has 0 saturated heterocycles. The van der Waals surface area contributed by atoms with Crippen molar-refractivity contribution >= 4 is 18.0 Å². The van der Waals surface area contributed by atoms with Gasteiger partial charge in [-0.15, -0.1) is 0 Å². The Bertz CT molecular complexity index is 932. The van der Waals surface area contributed by atoms with Crippen LogP contribution in [-0.4, -0.2) is 36.7 Å². The zero-order chi connectivity index (χ0) is 21.8. The first-order valence-corrected chi connectivity index (χ1v) is 9.58. The molecule has 0 saturated carbocycles. The number of aliphatic carboxylic acids is 1. The van der Waals surface area contributed by atoms with Crippen molar-refractivity contribution in [1.29, 1.82) is 5.26 Å². The Labute approximate surface area is 175 Å². The molecule has 7 nitrogen and oxygen atoms in total. The SMILES string of the molecule is CCOc1cc(/C=C(/C#N)C(=O)NCCCc2ccccc2)ccc1OCC(=O)O. The lowest BCUT2D eigenvalue weighted by atomic mass is 10.1. The zero-order valence-electron chi connectivity index (χ0n) is 16.8. The minimum Gasteiger partial charge on any atom is -0.490 e. The molecule has 0 aromatic heterocycles. The van der Waals surface area contributed by atoms with Crippen molar-refractivity contribution in [3.8, 4) is 17.6 Å². The summed E-state index contributed by atoms with van der Waals surface area (Å²) in [5.41, 5.74) is 1.73. The highest BCUT2D eigenvalue weighted by atomic mass is 16.5. The Hall–Kier alpha value is -3.79. The second kappa shape index (κ2) is 11.9. The molecule has 2 aromatic rings. The van der Waals surface area contributed by atoms with Gasteiger partial charge in [-0.05, 0) is 49.1 Å². The van der Waals surface area contributed by atoms with Crippen molar-refractivity contribution in [3.63, 3.8) is 0 Å². The first kappa shape index (κ1) is 22.5. The third-order valence-electron chi connectivity index (χ3n) is 4.07. The molecule has 0 unspecified atom stereocenters. The molecule has 0 fully saturated rings. The van der Waals surface area contributed by atoms with E-state index in [0.717, 1.165) is 12.8 Å². The van der Waals surface area contributed by atoms with Crippen LogP contribution in [-0.2, 0) is 16.0 Å². The molecule has 2 rings (SSSR count). The van der Waals surface area contributed by atoms with Crippen molar-refractivity contribution in [2.45, 2.75) is 19.8 Å². The average Bonchev–Trinajstić information content (AvgIpc) is 2.75. The molecule has 0 aliphatic carbocycles. The zero-order valence-corrected chi connectivity index (χ0v) is 16.8. The predicted molar refractivity (Wildman–Crippen MR) is 112 cm³/mol. The molecule has 2 aromatic carbocycles. The van der Waals surface area contributed by atoms with Gasteiger partial charge in [0, 0.05) is 6.54 Å². The van der Waals surface area contributed by atoms with E-state index in [1.54, 1.807) is 25.1 Å². The number of nitrogens with zero attached hydrogens (tertiary/aromatic N) is 1. The summed E-state index contributed by atoms with van der Waals surface area (Å²) in [4.78, 5) is 23.0. The van der Waals surface area contributed by atoms with Crippen LogP contribution in [0.5, 0.6) is 11.5 Å². The molecule has 0 spiro atoms. The van der Waals surface area contributed by atoms with Crippen LogP contribution in [0.3, 0.4) is 0 Å². The van der Waals surface area contributed by atoms with E-state index in [2.05, 4.69) is 5.32 Å². The van der Waals surface area contributed by atoms with E-state index < -0.39 is 18.5 Å². The molecular weight excluding hydrogens is 384 g/mol. The summed E-state index contributed by atoms with van der Waals surface area (Å²) in [7, 11) is 0. The van der Waals surface area contributed by atoms with E-state index in [0.29, 0.717) is 24.5 Å². The molecule has 0 heterocycles. The summed E-state index contributed by atoms with van der Waals surface area (Å²) in [5, 5.41) is 20.9. The normalized spacial score (nSPS) is 10.7. The molecule has 0 aliphatic heterocycles. The van der Waals surface area contributed by atoms with Crippen molar-refractivity contribution < 1.29 is 24.2 Å². The summed E-state index contributed by atoms with van der Waals surface area (Å²) in [6.07, 6.45) is 3.05. The number of carboxylic acid groups (broad SMARTS) is 1. The van der Waals surface area contributed by atoms with Gasteiger partial charge in [-0.2, -0.15) is 5.26 Å². The number of hydrogen-bond donors (Lipinski definition) is 2. The Morgan fingerprint density at radius 2 is 1.90 bits per heavy atom. The number of carbonyl (C=O) groups excluding carboxylic acids is 1. The van der Waals surface area contributed by atoms with Gasteiger partial charge in [0.05, 0.1) is 6.61 Å². The van der Waals surface area contributed by atoms with Gasteiger partial charge in [0.2, 0.25) is 0 Å². The van der Waals surface area contributed by atoms with Crippen LogP contribution in [0.2, 0.25) is 0 Å². The number of hydrogen-bond acceptors (Lipinski definition) is 5. The van der Waals surface area contributed by atoms with E-state index in [1.165, 1.54) is 11.6 Å². The summed E-state index contributed by atoms with van der Waals surface area (Å²) < 4.78 is 10.7. The lowest BCUT2D eigenvalue weighted by Gasteiger charge is -2.11. The quantitative estimate of drug-likeness (QED) is 0.336. The number of aryl methyl sites for hydroxylation is 1. The standard InChI is InChI=1S/C23H24N2O5/c1-2-29-21-14-18(10-11-20(21)30-16-22(26)27)13-19(15-24)23(28)25-12-6-9-17-7-4-3-5-8-17/h3-5,7-8,10-11,13-14H,2,6,9,12,16H2,1H3,(H,25,28)(H,26,27)/b19-13-. The first-order valence-electron chi connectivity index (χ1n) is 9.58. The number of rotatable bonds is 11. The molecule has 0 aliphatic rings. The maximum atomic E-state index is 12.3. The second-order valence-electron chi connectivity index (χ2n) is 6.34. The van der Waals surface area contributed by atoms with E-state index in [-0.39, 0.29) is 11.3 Å². The predicted octanol–water partition coefficient (Wildman–Crippen LogP) is 3.20. The number of nitrogens with one attached hydrogen (secondary N) is 1. The molecule has 30 heavy (non-hydrogen) atoms. The highest BCUT2D eigenvalue weighted by Crippen LogP contribution is 2.29. The van der Waals surface area contributed by atoms with Gasteiger partial charge in [0.1, 0.15) is 11.6 Å². The van der Waals surface area contributed by atoms with Crippen LogP contribution in [0, 0.1) is 11.3 Å². The highest BCUT2D eigenvalue weighted by molar-refractivity contribution is 6.01. The lowest BCUT2D eigenvalue weighted by Crippen LogP contribution is -2.25. The highest BCUT2D eigenvalue weighted by Gasteiger charge is 2.11. The van der Waals surface area contributed by atoms with Gasteiger partial charge in [0.25, 0.3) is 5.91 Å². The van der Waals surface area contributed by atoms with E-state index in [4.69, 9.17) is 14.6 Å². The smallest absolute Gasteiger partial charge is 0.341 e. The molecule has 0 radical (unpaired) electrons. The van der Waals surface area contributed by atoms with Crippen molar-refractivity contribution in [2.75, 3.05) is 19.8 Å². The molecule has 2 N–H and O–H groups in total. The Morgan fingerprint density at radius 3 is 2.57 bits per heavy atom. The molecule has 1 amide bonds. The summed E-state index contributed by atoms with van der Waals surface area (Å²) >= 11 is 0. The number of amides is 1. The monoisotopic (exact) mass is 408 g/mol. The number of carbonyl (C=O) groups is 2. The van der Waals surface area contributed by atoms with Crippen LogP contribution >= 0.6 is 0 Å². The molecule has 7 heteroatoms. The van der Waals surface area contributed by atoms with Gasteiger partial charge in [-0.3, -0.25) is 4.79 Å². The van der Waals surface area contributed by atoms with E-state index in [9.17, 15) is 14.9 Å². The van der Waals surface area contributed by atoms with Gasteiger partial charge in [-0.25, -0.2) is 4.79 Å². The maximum absolute atomic E-state index is 12.3. The first-order chi connectivity index (χ1) is 14.5. The minimum absolute atomic E-state index is 0.0311. The summed E-state index contributed by atoms with van der Waals surface area (Å²) in [6.45, 7) is 2.10. The van der Waals surface area contributed by atoms with Crippen LogP contribution in [0.25, 0.3) is 6.08 Å². The summed E-state index contributed by atoms with van der Waals surface area (Å²) in [6, 6.07) is 16.6. The molecular formula is C23H24N2O5. The Balaban J connectivity index is 2.00. The van der Waals surface area contributed by atoms with E-state index >= 15 is 0 Å². The van der Waals surface area contributed by atoms with Crippen molar-refractivity contribution in [1.82, 2.24) is 5.32 Å². The summed E-state index contributed by atoms with van der Waals surface area (Å²) in [5.74, 6) is -0.930. The minimum atomic E-state index is -1.10. The fourth-order valence-electron chi connectivity index (χ4n) is 2.69. The third kappa shape index (κ3) is 7.32. The van der Waals surface area contributed by atoms with Gasteiger partial charge in [0.15, 0.2) is 18.1 Å². The largest absolute Gasteiger partial charge is 0.490 e. The van der Waals surface area contributed by atoms with Crippen LogP contribution in [0.15, 0.2) is 54.1 Å². The van der Waals surface area contributed by atoms with Gasteiger partial charge < -0.3 is 19.9 Å².